The molecule has 0 aromatic heterocycles. The first-order valence-electron chi connectivity index (χ1n) is 6.37. The fourth-order valence-corrected chi connectivity index (χ4v) is 2.17. The predicted octanol–water partition coefficient (Wildman–Crippen LogP) is 2.77. The van der Waals surface area contributed by atoms with Crippen molar-refractivity contribution in [2.75, 3.05) is 6.61 Å². The fourth-order valence-electron chi connectivity index (χ4n) is 2.17. The van der Waals surface area contributed by atoms with Crippen LogP contribution < -0.4 is 9.47 Å². The number of rotatable bonds is 4. The van der Waals surface area contributed by atoms with E-state index in [1.54, 1.807) is 0 Å². The molecule has 3 heteroatoms. The molecule has 1 aromatic rings. The van der Waals surface area contributed by atoms with Crippen LogP contribution >= 0.6 is 0 Å². The van der Waals surface area contributed by atoms with Crippen molar-refractivity contribution in [3.8, 4) is 11.5 Å². The molecule has 1 fully saturated rings. The highest BCUT2D eigenvalue weighted by molar-refractivity contribution is 5.31. The van der Waals surface area contributed by atoms with Gasteiger partial charge in [0.2, 0.25) is 0 Å². The Balaban J connectivity index is 1.93. The molecule has 2 rings (SSSR count). The summed E-state index contributed by atoms with van der Waals surface area (Å²) in [6.07, 6.45) is 3.65. The number of benzene rings is 1. The zero-order valence-electron chi connectivity index (χ0n) is 10.3. The molecular weight excluding hydrogens is 216 g/mol. The van der Waals surface area contributed by atoms with Crippen molar-refractivity contribution in [1.29, 1.82) is 0 Å². The molecule has 0 spiro atoms. The van der Waals surface area contributed by atoms with E-state index >= 15 is 0 Å². The van der Waals surface area contributed by atoms with E-state index in [4.69, 9.17) is 9.47 Å². The molecule has 0 heterocycles. The third-order valence-corrected chi connectivity index (χ3v) is 3.09. The lowest BCUT2D eigenvalue weighted by Crippen LogP contribution is -2.34. The van der Waals surface area contributed by atoms with Crippen LogP contribution in [-0.4, -0.2) is 23.9 Å². The molecule has 0 aliphatic heterocycles. The van der Waals surface area contributed by atoms with Gasteiger partial charge >= 0.3 is 0 Å². The Bertz CT molecular complexity index is 334. The summed E-state index contributed by atoms with van der Waals surface area (Å²) in [5.41, 5.74) is 0. The van der Waals surface area contributed by atoms with Gasteiger partial charge in [0.15, 0.2) is 0 Å². The quantitative estimate of drug-likeness (QED) is 0.873. The van der Waals surface area contributed by atoms with Crippen LogP contribution in [0.2, 0.25) is 0 Å². The lowest BCUT2D eigenvalue weighted by molar-refractivity contribution is 0.00685. The molecule has 3 nitrogen and oxygen atoms in total. The summed E-state index contributed by atoms with van der Waals surface area (Å²) < 4.78 is 11.2. The molecule has 17 heavy (non-hydrogen) atoms. The van der Waals surface area contributed by atoms with E-state index in [9.17, 15) is 5.11 Å². The van der Waals surface area contributed by atoms with Crippen molar-refractivity contribution in [3.05, 3.63) is 24.3 Å². The van der Waals surface area contributed by atoms with Crippen molar-refractivity contribution in [1.82, 2.24) is 0 Å². The van der Waals surface area contributed by atoms with Gasteiger partial charge in [-0.1, -0.05) is 6.42 Å². The van der Waals surface area contributed by atoms with Crippen molar-refractivity contribution in [2.45, 2.75) is 44.8 Å². The fraction of sp³-hybridized carbons (Fsp3) is 0.571. The van der Waals surface area contributed by atoms with Gasteiger partial charge in [-0.05, 0) is 50.5 Å². The zero-order chi connectivity index (χ0) is 12.1. The maximum atomic E-state index is 9.82. The number of hydrogen-bond acceptors (Lipinski definition) is 3. The van der Waals surface area contributed by atoms with E-state index < -0.39 is 0 Å². The van der Waals surface area contributed by atoms with Gasteiger partial charge in [-0.25, -0.2) is 0 Å². The van der Waals surface area contributed by atoms with E-state index in [0.29, 0.717) is 6.61 Å². The minimum absolute atomic E-state index is 0.0540. The van der Waals surface area contributed by atoms with Crippen LogP contribution in [0.1, 0.15) is 32.6 Å². The number of ether oxygens (including phenoxy) is 2. The Labute approximate surface area is 102 Å². The Morgan fingerprint density at radius 1 is 1.12 bits per heavy atom. The Morgan fingerprint density at radius 3 is 2.41 bits per heavy atom. The van der Waals surface area contributed by atoms with Gasteiger partial charge in [-0.2, -0.15) is 0 Å². The van der Waals surface area contributed by atoms with Gasteiger partial charge in [0.25, 0.3) is 0 Å². The van der Waals surface area contributed by atoms with E-state index in [1.165, 1.54) is 0 Å². The second-order valence-corrected chi connectivity index (χ2v) is 4.41. The summed E-state index contributed by atoms with van der Waals surface area (Å²) in [5, 5.41) is 9.82. The van der Waals surface area contributed by atoms with Crippen molar-refractivity contribution in [3.63, 3.8) is 0 Å². The van der Waals surface area contributed by atoms with Gasteiger partial charge in [-0.3, -0.25) is 0 Å². The van der Waals surface area contributed by atoms with Crippen LogP contribution in [0.15, 0.2) is 24.3 Å². The second-order valence-electron chi connectivity index (χ2n) is 4.41. The largest absolute Gasteiger partial charge is 0.494 e. The van der Waals surface area contributed by atoms with E-state index in [2.05, 4.69) is 0 Å². The first kappa shape index (κ1) is 12.2. The third-order valence-electron chi connectivity index (χ3n) is 3.09. The molecule has 0 unspecified atom stereocenters. The van der Waals surface area contributed by atoms with Gasteiger partial charge < -0.3 is 14.6 Å². The van der Waals surface area contributed by atoms with Crippen LogP contribution in [0.25, 0.3) is 0 Å². The highest BCUT2D eigenvalue weighted by atomic mass is 16.5. The van der Waals surface area contributed by atoms with Crippen molar-refractivity contribution in [2.24, 2.45) is 0 Å². The molecule has 1 N–H and O–H groups in total. The first-order chi connectivity index (χ1) is 8.29. The molecule has 1 aliphatic carbocycles. The Kier molecular flexibility index (Phi) is 4.26. The highest BCUT2D eigenvalue weighted by Crippen LogP contribution is 2.25. The molecule has 1 aliphatic rings. The SMILES string of the molecule is CCOc1ccc(O[C@@H]2CCCC[C@H]2O)cc1. The topological polar surface area (TPSA) is 38.7 Å². The number of aliphatic hydroxyl groups is 1. The second kappa shape index (κ2) is 5.92. The van der Waals surface area contributed by atoms with Crippen LogP contribution in [0, 0.1) is 0 Å². The van der Waals surface area contributed by atoms with Gasteiger partial charge in [0.1, 0.15) is 17.6 Å². The van der Waals surface area contributed by atoms with Crippen LogP contribution in [0.5, 0.6) is 11.5 Å². The van der Waals surface area contributed by atoms with Crippen LogP contribution in [0.3, 0.4) is 0 Å². The Morgan fingerprint density at radius 2 is 1.76 bits per heavy atom. The molecule has 1 aromatic carbocycles. The van der Waals surface area contributed by atoms with Crippen LogP contribution in [-0.2, 0) is 0 Å². The standard InChI is InChI=1S/C14H20O3/c1-2-16-11-7-9-12(10-8-11)17-14-6-4-3-5-13(14)15/h7-10,13-15H,2-6H2,1H3/t13-,14-/m1/s1. The van der Waals surface area contributed by atoms with Gasteiger partial charge in [0.05, 0.1) is 12.7 Å². The third kappa shape index (κ3) is 3.37. The smallest absolute Gasteiger partial charge is 0.124 e. The maximum absolute atomic E-state index is 9.82. The summed E-state index contributed by atoms with van der Waals surface area (Å²) in [6.45, 7) is 2.63. The molecule has 0 amide bonds. The Hall–Kier alpha value is -1.22. The zero-order valence-corrected chi connectivity index (χ0v) is 10.3. The molecule has 94 valence electrons. The summed E-state index contributed by atoms with van der Waals surface area (Å²) in [6, 6.07) is 7.58. The maximum Gasteiger partial charge on any atom is 0.124 e. The normalized spacial score (nSPS) is 24.4. The average Bonchev–Trinajstić information content (AvgIpc) is 2.35. The molecule has 0 saturated heterocycles. The summed E-state index contributed by atoms with van der Waals surface area (Å²) >= 11 is 0. The summed E-state index contributed by atoms with van der Waals surface area (Å²) in [4.78, 5) is 0. The highest BCUT2D eigenvalue weighted by Gasteiger charge is 2.24. The summed E-state index contributed by atoms with van der Waals surface area (Å²) in [7, 11) is 0. The molecule has 0 bridgehead atoms. The van der Waals surface area contributed by atoms with E-state index in [1.807, 2.05) is 31.2 Å². The minimum atomic E-state index is -0.324. The van der Waals surface area contributed by atoms with Crippen LogP contribution in [0.4, 0.5) is 0 Å². The molecular formula is C14H20O3. The lowest BCUT2D eigenvalue weighted by atomic mass is 9.95. The number of aliphatic hydroxyl groups excluding tert-OH is 1. The van der Waals surface area contributed by atoms with Crippen molar-refractivity contribution < 1.29 is 14.6 Å². The lowest BCUT2D eigenvalue weighted by Gasteiger charge is -2.28. The van der Waals surface area contributed by atoms with E-state index in [0.717, 1.165) is 37.2 Å². The summed E-state index contributed by atoms with van der Waals surface area (Å²) in [5.74, 6) is 1.66. The molecule has 2 atom stereocenters. The van der Waals surface area contributed by atoms with Gasteiger partial charge in [-0.15, -0.1) is 0 Å². The van der Waals surface area contributed by atoms with Gasteiger partial charge in [0, 0.05) is 0 Å². The average molecular weight is 236 g/mol. The van der Waals surface area contributed by atoms with E-state index in [-0.39, 0.29) is 12.2 Å². The number of hydrogen-bond donors (Lipinski definition) is 1. The predicted molar refractivity (Wildman–Crippen MR) is 66.5 cm³/mol. The van der Waals surface area contributed by atoms with Crippen molar-refractivity contribution >= 4 is 0 Å². The molecule has 1 saturated carbocycles. The molecule has 0 radical (unpaired) electrons. The minimum Gasteiger partial charge on any atom is -0.494 e. The monoisotopic (exact) mass is 236 g/mol. The first-order valence-corrected chi connectivity index (χ1v) is 6.37.